The molecule has 0 radical (unpaired) electrons. The molecule has 1 fully saturated rings. The number of piperidine rings is 1. The molecule has 3 aromatic rings. The van der Waals surface area contributed by atoms with Gasteiger partial charge in [0.25, 0.3) is 0 Å². The van der Waals surface area contributed by atoms with Crippen LogP contribution in [0.1, 0.15) is 40.2 Å². The molecule has 3 heterocycles. The van der Waals surface area contributed by atoms with Gasteiger partial charge in [-0.05, 0) is 50.1 Å². The van der Waals surface area contributed by atoms with E-state index in [4.69, 9.17) is 5.73 Å². The summed E-state index contributed by atoms with van der Waals surface area (Å²) in [4.78, 5) is 21.0. The Balaban J connectivity index is 1.25. The van der Waals surface area contributed by atoms with Gasteiger partial charge in [-0.3, -0.25) is 9.78 Å². The molecule has 0 unspecified atom stereocenters. The average molecular weight is 551 g/mol. The summed E-state index contributed by atoms with van der Waals surface area (Å²) in [5.74, 6) is -2.86. The van der Waals surface area contributed by atoms with Crippen LogP contribution in [0, 0.1) is 11.6 Å². The quantitative estimate of drug-likeness (QED) is 0.245. The Kier molecular flexibility index (Phi) is 8.79. The van der Waals surface area contributed by atoms with Crippen LogP contribution >= 0.6 is 11.3 Å². The normalized spacial score (nSPS) is 15.1. The molecule has 1 saturated heterocycles. The lowest BCUT2D eigenvalue weighted by atomic mass is 10.1. The number of anilines is 2. The van der Waals surface area contributed by atoms with E-state index < -0.39 is 33.0 Å². The van der Waals surface area contributed by atoms with E-state index >= 15 is 0 Å². The van der Waals surface area contributed by atoms with E-state index in [2.05, 4.69) is 20.6 Å². The number of carbonyl (C=O) groups excluding carboxylic acids is 1. The molecule has 37 heavy (non-hydrogen) atoms. The summed E-state index contributed by atoms with van der Waals surface area (Å²) in [5.41, 5.74) is 6.09. The summed E-state index contributed by atoms with van der Waals surface area (Å²) in [7, 11) is -3.38. The molecule has 2 aromatic heterocycles. The molecule has 1 aliphatic heterocycles. The van der Waals surface area contributed by atoms with Gasteiger partial charge in [-0.25, -0.2) is 26.5 Å². The van der Waals surface area contributed by atoms with Crippen LogP contribution in [0.25, 0.3) is 0 Å². The van der Waals surface area contributed by atoms with Crippen LogP contribution in [-0.4, -0.2) is 59.9 Å². The van der Waals surface area contributed by atoms with Gasteiger partial charge in [0.05, 0.1) is 17.0 Å². The van der Waals surface area contributed by atoms with Crippen molar-refractivity contribution < 1.29 is 22.0 Å². The minimum atomic E-state index is -3.38. The molecule has 1 aromatic carbocycles. The number of hydrogen-bond acceptors (Lipinski definition) is 9. The Morgan fingerprint density at radius 3 is 2.54 bits per heavy atom. The number of halogens is 2. The third-order valence-electron chi connectivity index (χ3n) is 6.01. The van der Waals surface area contributed by atoms with Gasteiger partial charge in [0.1, 0.15) is 22.3 Å². The zero-order chi connectivity index (χ0) is 26.4. The van der Waals surface area contributed by atoms with E-state index in [9.17, 15) is 22.0 Å². The summed E-state index contributed by atoms with van der Waals surface area (Å²) in [6, 6.07) is 8.77. The van der Waals surface area contributed by atoms with E-state index in [-0.39, 0.29) is 22.5 Å². The van der Waals surface area contributed by atoms with Gasteiger partial charge in [0.15, 0.2) is 5.13 Å². The third-order valence-corrected chi connectivity index (χ3v) is 8.97. The van der Waals surface area contributed by atoms with Gasteiger partial charge in [-0.15, -0.1) is 0 Å². The smallest absolute Gasteiger partial charge is 0.214 e. The number of aromatic nitrogens is 2. The highest BCUT2D eigenvalue weighted by Crippen LogP contribution is 2.30. The fourth-order valence-corrected chi connectivity index (χ4v) is 6.51. The largest absolute Gasteiger partial charge is 0.382 e. The summed E-state index contributed by atoms with van der Waals surface area (Å²) < 4.78 is 55.0. The van der Waals surface area contributed by atoms with Crippen molar-refractivity contribution in [3.8, 4) is 0 Å². The Labute approximate surface area is 218 Å². The van der Waals surface area contributed by atoms with Crippen molar-refractivity contribution in [2.75, 3.05) is 36.4 Å². The van der Waals surface area contributed by atoms with Crippen molar-refractivity contribution in [1.82, 2.24) is 19.6 Å². The molecule has 198 valence electrons. The highest BCUT2D eigenvalue weighted by atomic mass is 32.2. The molecule has 0 amide bonds. The Bertz CT molecular complexity index is 1310. The molecule has 13 heteroatoms. The average Bonchev–Trinajstić information content (AvgIpc) is 3.24. The first-order valence-electron chi connectivity index (χ1n) is 11.8. The van der Waals surface area contributed by atoms with E-state index in [0.717, 1.165) is 29.2 Å². The second-order valence-corrected chi connectivity index (χ2v) is 11.7. The van der Waals surface area contributed by atoms with Crippen molar-refractivity contribution >= 4 is 38.1 Å². The van der Waals surface area contributed by atoms with Crippen molar-refractivity contribution in [1.29, 1.82) is 0 Å². The van der Waals surface area contributed by atoms with Crippen LogP contribution in [0.15, 0.2) is 42.6 Å². The number of thiazole rings is 1. The van der Waals surface area contributed by atoms with E-state index in [1.807, 2.05) is 18.2 Å². The van der Waals surface area contributed by atoms with Crippen LogP contribution in [0.5, 0.6) is 0 Å². The highest BCUT2D eigenvalue weighted by molar-refractivity contribution is 7.89. The summed E-state index contributed by atoms with van der Waals surface area (Å²) in [6.45, 7) is 1.86. The topological polar surface area (TPSA) is 130 Å². The number of sulfonamides is 1. The first-order valence-corrected chi connectivity index (χ1v) is 14.3. The molecular weight excluding hydrogens is 522 g/mol. The van der Waals surface area contributed by atoms with Crippen molar-refractivity contribution in [2.24, 2.45) is 0 Å². The summed E-state index contributed by atoms with van der Waals surface area (Å²) >= 11 is 0.921. The Hall–Kier alpha value is -3.00. The van der Waals surface area contributed by atoms with Crippen LogP contribution in [-0.2, 0) is 16.6 Å². The summed E-state index contributed by atoms with van der Waals surface area (Å²) in [5, 5.41) is 6.73. The Morgan fingerprint density at radius 2 is 1.86 bits per heavy atom. The van der Waals surface area contributed by atoms with E-state index in [1.54, 1.807) is 6.20 Å². The SMILES string of the molecule is Nc1nc(NC2CCN(S(=O)(=O)CCCNCc3ccccn3)CC2)sc1C(=O)c1c(F)cccc1F. The lowest BCUT2D eigenvalue weighted by molar-refractivity contribution is 0.103. The van der Waals surface area contributed by atoms with Crippen LogP contribution < -0.4 is 16.4 Å². The van der Waals surface area contributed by atoms with Gasteiger partial charge < -0.3 is 16.4 Å². The molecule has 4 rings (SSSR count). The fourth-order valence-electron chi connectivity index (χ4n) is 4.07. The van der Waals surface area contributed by atoms with E-state index in [0.29, 0.717) is 50.6 Å². The van der Waals surface area contributed by atoms with Crippen molar-refractivity contribution in [3.05, 3.63) is 70.4 Å². The van der Waals surface area contributed by atoms with Crippen LogP contribution in [0.4, 0.5) is 19.7 Å². The first-order chi connectivity index (χ1) is 17.7. The molecule has 1 aliphatic rings. The number of nitrogen functional groups attached to an aromatic ring is 1. The minimum absolute atomic E-state index is 0.0526. The van der Waals surface area contributed by atoms with Crippen LogP contribution in [0.3, 0.4) is 0 Å². The zero-order valence-corrected chi connectivity index (χ0v) is 21.6. The number of ketones is 1. The van der Waals surface area contributed by atoms with Gasteiger partial charge in [-0.1, -0.05) is 23.5 Å². The molecule has 9 nitrogen and oxygen atoms in total. The molecule has 4 N–H and O–H groups in total. The molecule has 0 saturated carbocycles. The van der Waals surface area contributed by atoms with Gasteiger partial charge >= 0.3 is 0 Å². The number of pyridine rings is 1. The number of nitrogens with two attached hydrogens (primary N) is 1. The maximum Gasteiger partial charge on any atom is 0.214 e. The molecule has 0 aliphatic carbocycles. The predicted molar refractivity (Wildman–Crippen MR) is 139 cm³/mol. The number of nitrogens with zero attached hydrogens (tertiary/aromatic N) is 3. The number of nitrogens with one attached hydrogen (secondary N) is 2. The van der Waals surface area contributed by atoms with E-state index in [1.165, 1.54) is 10.4 Å². The standard InChI is InChI=1S/C24H28F2N6O3S2/c25-18-6-3-7-19(26)20(18)21(33)22-23(27)31-24(36-22)30-16-8-12-32(13-9-16)37(34,35)14-4-10-28-15-17-5-1-2-11-29-17/h1-3,5-7,11,16,28H,4,8-10,12-15,27H2,(H,30,31). The van der Waals surface area contributed by atoms with Gasteiger partial charge in [-0.2, -0.15) is 0 Å². The first kappa shape index (κ1) is 27.0. The highest BCUT2D eigenvalue weighted by Gasteiger charge is 2.29. The predicted octanol–water partition coefficient (Wildman–Crippen LogP) is 3.02. The fraction of sp³-hybridized carbons (Fsp3) is 0.375. The third kappa shape index (κ3) is 6.86. The molecule has 0 atom stereocenters. The lowest BCUT2D eigenvalue weighted by Crippen LogP contribution is -2.43. The molecule has 0 bridgehead atoms. The van der Waals surface area contributed by atoms with Crippen molar-refractivity contribution in [2.45, 2.75) is 31.8 Å². The second kappa shape index (κ2) is 12.0. The Morgan fingerprint density at radius 1 is 1.14 bits per heavy atom. The van der Waals surface area contributed by atoms with Crippen LogP contribution in [0.2, 0.25) is 0 Å². The number of benzene rings is 1. The number of carbonyl (C=O) groups is 1. The maximum absolute atomic E-state index is 14.0. The monoisotopic (exact) mass is 550 g/mol. The zero-order valence-electron chi connectivity index (χ0n) is 20.0. The minimum Gasteiger partial charge on any atom is -0.382 e. The van der Waals surface area contributed by atoms with Gasteiger partial charge in [0.2, 0.25) is 15.8 Å². The molecular formula is C24H28F2N6O3S2. The number of hydrogen-bond donors (Lipinski definition) is 3. The number of rotatable bonds is 11. The lowest BCUT2D eigenvalue weighted by Gasteiger charge is -2.31. The maximum atomic E-state index is 14.0. The molecule has 0 spiro atoms. The summed E-state index contributed by atoms with van der Waals surface area (Å²) in [6.07, 6.45) is 3.30. The van der Waals surface area contributed by atoms with Gasteiger partial charge in [0, 0.05) is 31.9 Å². The van der Waals surface area contributed by atoms with Crippen molar-refractivity contribution in [3.63, 3.8) is 0 Å². The second-order valence-electron chi connectivity index (χ2n) is 8.64.